The van der Waals surface area contributed by atoms with Crippen LogP contribution in [0.2, 0.25) is 0 Å². The van der Waals surface area contributed by atoms with Gasteiger partial charge in [-0.05, 0) is 43.4 Å². The van der Waals surface area contributed by atoms with E-state index >= 15 is 0 Å². The molecule has 0 bridgehead atoms. The zero-order chi connectivity index (χ0) is 16.9. The molecule has 0 spiro atoms. The van der Waals surface area contributed by atoms with Gasteiger partial charge in [0, 0.05) is 0 Å². The molecule has 1 aliphatic carbocycles. The molecule has 128 valence electrons. The number of halogens is 1. The van der Waals surface area contributed by atoms with Crippen molar-refractivity contribution in [2.24, 2.45) is 5.92 Å². The van der Waals surface area contributed by atoms with E-state index in [1.807, 2.05) is 0 Å². The van der Waals surface area contributed by atoms with Crippen molar-refractivity contribution < 1.29 is 19.0 Å². The van der Waals surface area contributed by atoms with E-state index in [-0.39, 0.29) is 31.0 Å². The first-order valence-corrected chi connectivity index (χ1v) is 8.25. The molecule has 0 aliphatic heterocycles. The molecule has 5 heteroatoms. The minimum atomic E-state index is -1.25. The van der Waals surface area contributed by atoms with Crippen molar-refractivity contribution in [1.29, 1.82) is 0 Å². The van der Waals surface area contributed by atoms with Crippen LogP contribution in [-0.2, 0) is 15.1 Å². The Kier molecular flexibility index (Phi) is 6.13. The van der Waals surface area contributed by atoms with Gasteiger partial charge in [-0.3, -0.25) is 4.79 Å². The Morgan fingerprint density at radius 1 is 1.35 bits per heavy atom. The summed E-state index contributed by atoms with van der Waals surface area (Å²) in [6.45, 7) is 3.81. The Labute approximate surface area is 137 Å². The summed E-state index contributed by atoms with van der Waals surface area (Å²) in [7, 11) is 0. The molecule has 1 fully saturated rings. The van der Waals surface area contributed by atoms with Crippen molar-refractivity contribution in [2.75, 3.05) is 13.2 Å². The van der Waals surface area contributed by atoms with Gasteiger partial charge in [-0.15, -0.1) is 0 Å². The van der Waals surface area contributed by atoms with E-state index < -0.39 is 5.60 Å². The van der Waals surface area contributed by atoms with Crippen LogP contribution >= 0.6 is 0 Å². The van der Waals surface area contributed by atoms with Crippen LogP contribution in [0.25, 0.3) is 0 Å². The molecule has 1 aromatic rings. The Balaban J connectivity index is 1.77. The first-order chi connectivity index (χ1) is 10.9. The third kappa shape index (κ3) is 5.29. The van der Waals surface area contributed by atoms with Gasteiger partial charge in [0.15, 0.2) is 0 Å². The molecule has 0 radical (unpaired) electrons. The van der Waals surface area contributed by atoms with Crippen molar-refractivity contribution in [2.45, 2.75) is 51.2 Å². The monoisotopic (exact) mass is 323 g/mol. The molecule has 0 aromatic heterocycles. The molecule has 0 heterocycles. The van der Waals surface area contributed by atoms with Crippen LogP contribution in [0.15, 0.2) is 24.3 Å². The summed E-state index contributed by atoms with van der Waals surface area (Å²) < 4.78 is 18.6. The van der Waals surface area contributed by atoms with E-state index in [1.54, 1.807) is 6.92 Å². The van der Waals surface area contributed by atoms with Crippen LogP contribution in [0, 0.1) is 11.7 Å². The highest BCUT2D eigenvalue weighted by molar-refractivity contribution is 5.77. The van der Waals surface area contributed by atoms with Crippen molar-refractivity contribution in [3.63, 3.8) is 0 Å². The second-order valence-corrected chi connectivity index (χ2v) is 6.67. The van der Waals surface area contributed by atoms with E-state index in [2.05, 4.69) is 12.2 Å². The van der Waals surface area contributed by atoms with Crippen LogP contribution in [-0.4, -0.2) is 30.3 Å². The highest BCUT2D eigenvalue weighted by atomic mass is 19.1. The summed E-state index contributed by atoms with van der Waals surface area (Å²) >= 11 is 0. The molecule has 23 heavy (non-hydrogen) atoms. The zero-order valence-electron chi connectivity index (χ0n) is 13.8. The molecular formula is C18H26FNO3. The fourth-order valence-corrected chi connectivity index (χ4v) is 2.95. The SMILES string of the molecule is CC1CCCCC1OCC(=O)NCC(C)(O)c1ccc(F)cc1. The molecule has 3 unspecified atom stereocenters. The smallest absolute Gasteiger partial charge is 0.246 e. The van der Waals surface area contributed by atoms with Crippen LogP contribution in [0.3, 0.4) is 0 Å². The van der Waals surface area contributed by atoms with E-state index in [0.717, 1.165) is 19.3 Å². The second-order valence-electron chi connectivity index (χ2n) is 6.67. The van der Waals surface area contributed by atoms with Gasteiger partial charge in [0.2, 0.25) is 5.91 Å². The Hall–Kier alpha value is -1.46. The normalized spacial score (nSPS) is 24.0. The Morgan fingerprint density at radius 2 is 2.00 bits per heavy atom. The van der Waals surface area contributed by atoms with Gasteiger partial charge >= 0.3 is 0 Å². The van der Waals surface area contributed by atoms with Crippen LogP contribution in [0.1, 0.15) is 45.1 Å². The van der Waals surface area contributed by atoms with E-state index in [9.17, 15) is 14.3 Å². The summed E-state index contributed by atoms with van der Waals surface area (Å²) in [5.74, 6) is -0.118. The number of ether oxygens (including phenoxy) is 1. The number of carbonyl (C=O) groups excluding carboxylic acids is 1. The maximum atomic E-state index is 12.9. The predicted octanol–water partition coefficient (Wildman–Crippen LogP) is 2.74. The Morgan fingerprint density at radius 3 is 2.65 bits per heavy atom. The molecule has 1 saturated carbocycles. The van der Waals surface area contributed by atoms with Gasteiger partial charge < -0.3 is 15.2 Å². The van der Waals surface area contributed by atoms with Gasteiger partial charge in [-0.2, -0.15) is 0 Å². The molecule has 1 aliphatic rings. The minimum Gasteiger partial charge on any atom is -0.384 e. The van der Waals surface area contributed by atoms with Crippen LogP contribution in [0.4, 0.5) is 4.39 Å². The topological polar surface area (TPSA) is 58.6 Å². The van der Waals surface area contributed by atoms with Gasteiger partial charge in [-0.25, -0.2) is 4.39 Å². The highest BCUT2D eigenvalue weighted by Crippen LogP contribution is 2.26. The third-order valence-electron chi connectivity index (χ3n) is 4.56. The molecule has 2 rings (SSSR count). The number of hydrogen-bond donors (Lipinski definition) is 2. The average Bonchev–Trinajstić information content (AvgIpc) is 2.53. The lowest BCUT2D eigenvalue weighted by molar-refractivity contribution is -0.130. The van der Waals surface area contributed by atoms with E-state index in [4.69, 9.17) is 4.74 Å². The molecule has 4 nitrogen and oxygen atoms in total. The fraction of sp³-hybridized carbons (Fsp3) is 0.611. The first kappa shape index (κ1) is 17.9. The van der Waals surface area contributed by atoms with E-state index in [1.165, 1.54) is 30.7 Å². The van der Waals surface area contributed by atoms with Gasteiger partial charge in [0.25, 0.3) is 0 Å². The number of carbonyl (C=O) groups is 1. The highest BCUT2D eigenvalue weighted by Gasteiger charge is 2.25. The van der Waals surface area contributed by atoms with Crippen molar-refractivity contribution >= 4 is 5.91 Å². The summed E-state index contributed by atoms with van der Waals surface area (Å²) in [6, 6.07) is 5.61. The van der Waals surface area contributed by atoms with Crippen LogP contribution < -0.4 is 5.32 Å². The quantitative estimate of drug-likeness (QED) is 0.846. The van der Waals surface area contributed by atoms with E-state index in [0.29, 0.717) is 11.5 Å². The molecular weight excluding hydrogens is 297 g/mol. The standard InChI is InChI=1S/C18H26FNO3/c1-13-5-3-4-6-16(13)23-11-17(21)20-12-18(2,22)14-7-9-15(19)10-8-14/h7-10,13,16,22H,3-6,11-12H2,1-2H3,(H,20,21). The number of amides is 1. The average molecular weight is 323 g/mol. The fourth-order valence-electron chi connectivity index (χ4n) is 2.95. The van der Waals surface area contributed by atoms with Crippen molar-refractivity contribution in [3.05, 3.63) is 35.6 Å². The van der Waals surface area contributed by atoms with Crippen molar-refractivity contribution in [1.82, 2.24) is 5.32 Å². The summed E-state index contributed by atoms with van der Waals surface area (Å²) in [4.78, 5) is 11.9. The second kappa shape index (κ2) is 7.88. The maximum Gasteiger partial charge on any atom is 0.246 e. The maximum absolute atomic E-state index is 12.9. The van der Waals surface area contributed by atoms with Gasteiger partial charge in [-0.1, -0.05) is 31.9 Å². The van der Waals surface area contributed by atoms with Crippen LogP contribution in [0.5, 0.6) is 0 Å². The first-order valence-electron chi connectivity index (χ1n) is 8.25. The molecule has 2 N–H and O–H groups in total. The number of aliphatic hydroxyl groups is 1. The summed E-state index contributed by atoms with van der Waals surface area (Å²) in [5, 5.41) is 13.1. The molecule has 1 amide bonds. The minimum absolute atomic E-state index is 0.00844. The lowest BCUT2D eigenvalue weighted by Crippen LogP contribution is -2.41. The molecule has 0 saturated heterocycles. The lowest BCUT2D eigenvalue weighted by Gasteiger charge is -2.29. The van der Waals surface area contributed by atoms with Crippen molar-refractivity contribution in [3.8, 4) is 0 Å². The number of hydrogen-bond acceptors (Lipinski definition) is 3. The molecule has 1 aromatic carbocycles. The van der Waals surface area contributed by atoms with Gasteiger partial charge in [0.1, 0.15) is 18.0 Å². The summed E-state index contributed by atoms with van der Waals surface area (Å²) in [6.07, 6.45) is 4.67. The number of rotatable bonds is 6. The summed E-state index contributed by atoms with van der Waals surface area (Å²) in [5.41, 5.74) is -0.692. The van der Waals surface area contributed by atoms with Gasteiger partial charge in [0.05, 0.1) is 12.6 Å². The Bertz CT molecular complexity index is 516. The predicted molar refractivity (Wildman–Crippen MR) is 86.4 cm³/mol. The lowest BCUT2D eigenvalue weighted by atomic mass is 9.88. The molecule has 3 atom stereocenters. The number of benzene rings is 1. The third-order valence-corrected chi connectivity index (χ3v) is 4.56. The number of nitrogens with one attached hydrogen (secondary N) is 1. The largest absolute Gasteiger partial charge is 0.384 e. The zero-order valence-corrected chi connectivity index (χ0v) is 13.8.